The Balaban J connectivity index is 2.22. The lowest BCUT2D eigenvalue weighted by molar-refractivity contribution is 0.780. The number of aromatic nitrogens is 3. The van der Waals surface area contributed by atoms with Gasteiger partial charge in [-0.25, -0.2) is 0 Å². The van der Waals surface area contributed by atoms with E-state index in [0.29, 0.717) is 22.4 Å². The lowest BCUT2D eigenvalue weighted by Crippen LogP contribution is -1.93. The summed E-state index contributed by atoms with van der Waals surface area (Å²) in [6.45, 7) is 4.13. The summed E-state index contributed by atoms with van der Waals surface area (Å²) in [6.07, 6.45) is 0.610. The standard InChI is InChI=1S/C12H13Cl2N3/c1-7(2)12-15-11(16-17-12)6-8-5-9(13)3-4-10(8)14/h3-5,7H,6H2,1-2H3,(H,15,16,17). The molecule has 0 spiro atoms. The summed E-state index contributed by atoms with van der Waals surface area (Å²) in [4.78, 5) is 3.18. The Bertz CT molecular complexity index is 520. The van der Waals surface area contributed by atoms with Crippen molar-refractivity contribution in [3.8, 4) is 0 Å². The van der Waals surface area contributed by atoms with E-state index in [1.54, 1.807) is 12.1 Å². The molecule has 0 radical (unpaired) electrons. The van der Waals surface area contributed by atoms with Crippen LogP contribution in [0.1, 0.15) is 37.0 Å². The van der Waals surface area contributed by atoms with Crippen LogP contribution in [0.4, 0.5) is 0 Å². The number of H-pyrrole nitrogens is 1. The lowest BCUT2D eigenvalue weighted by atomic mass is 10.1. The van der Waals surface area contributed by atoms with Crippen molar-refractivity contribution in [1.29, 1.82) is 0 Å². The summed E-state index contributed by atoms with van der Waals surface area (Å²) in [6, 6.07) is 5.41. The monoisotopic (exact) mass is 269 g/mol. The molecule has 1 aromatic heterocycles. The van der Waals surface area contributed by atoms with Gasteiger partial charge in [0.05, 0.1) is 0 Å². The van der Waals surface area contributed by atoms with Crippen molar-refractivity contribution in [1.82, 2.24) is 15.2 Å². The number of hydrogen-bond acceptors (Lipinski definition) is 2. The van der Waals surface area contributed by atoms with Crippen LogP contribution in [0.25, 0.3) is 0 Å². The number of nitrogens with one attached hydrogen (secondary N) is 1. The largest absolute Gasteiger partial charge is 0.328 e. The van der Waals surface area contributed by atoms with Crippen LogP contribution in [0.15, 0.2) is 18.2 Å². The van der Waals surface area contributed by atoms with Crippen molar-refractivity contribution >= 4 is 23.2 Å². The third-order valence-corrected chi connectivity index (χ3v) is 3.07. The van der Waals surface area contributed by atoms with Gasteiger partial charge in [0.25, 0.3) is 0 Å². The molecular formula is C12H13Cl2N3. The van der Waals surface area contributed by atoms with Crippen molar-refractivity contribution in [2.75, 3.05) is 0 Å². The summed E-state index contributed by atoms with van der Waals surface area (Å²) in [7, 11) is 0. The van der Waals surface area contributed by atoms with Crippen LogP contribution < -0.4 is 0 Å². The van der Waals surface area contributed by atoms with Crippen LogP contribution in [-0.4, -0.2) is 15.2 Å². The van der Waals surface area contributed by atoms with Gasteiger partial charge in [-0.05, 0) is 23.8 Å². The first-order valence-electron chi connectivity index (χ1n) is 5.41. The molecule has 0 aliphatic carbocycles. The Morgan fingerprint density at radius 2 is 2.00 bits per heavy atom. The highest BCUT2D eigenvalue weighted by Crippen LogP contribution is 2.22. The first-order valence-corrected chi connectivity index (χ1v) is 6.17. The molecule has 2 aromatic rings. The van der Waals surface area contributed by atoms with E-state index in [-0.39, 0.29) is 0 Å². The quantitative estimate of drug-likeness (QED) is 0.920. The summed E-state index contributed by atoms with van der Waals surface area (Å²) >= 11 is 12.0. The molecule has 0 bridgehead atoms. The summed E-state index contributed by atoms with van der Waals surface area (Å²) < 4.78 is 0. The third kappa shape index (κ3) is 2.99. The van der Waals surface area contributed by atoms with Gasteiger partial charge in [-0.1, -0.05) is 37.0 Å². The number of nitrogens with zero attached hydrogens (tertiary/aromatic N) is 2. The zero-order valence-electron chi connectivity index (χ0n) is 9.67. The van der Waals surface area contributed by atoms with E-state index in [2.05, 4.69) is 29.0 Å². The predicted molar refractivity (Wildman–Crippen MR) is 69.7 cm³/mol. The molecule has 0 aliphatic heterocycles. The van der Waals surface area contributed by atoms with Crippen LogP contribution in [0.3, 0.4) is 0 Å². The molecule has 0 atom stereocenters. The smallest absolute Gasteiger partial charge is 0.134 e. The average molecular weight is 270 g/mol. The van der Waals surface area contributed by atoms with Gasteiger partial charge in [0.15, 0.2) is 0 Å². The van der Waals surface area contributed by atoms with Gasteiger partial charge in [0, 0.05) is 22.4 Å². The molecule has 0 fully saturated rings. The summed E-state index contributed by atoms with van der Waals surface area (Å²) in [5.41, 5.74) is 0.950. The molecule has 2 rings (SSSR count). The lowest BCUT2D eigenvalue weighted by Gasteiger charge is -2.02. The summed E-state index contributed by atoms with van der Waals surface area (Å²) in [5, 5.41) is 9.54. The second kappa shape index (κ2) is 5.07. The molecule has 17 heavy (non-hydrogen) atoms. The van der Waals surface area contributed by atoms with Crippen LogP contribution in [0.2, 0.25) is 10.0 Å². The van der Waals surface area contributed by atoms with Gasteiger partial charge in [-0.2, -0.15) is 0 Å². The maximum Gasteiger partial charge on any atom is 0.134 e. The number of rotatable bonds is 3. The fraction of sp³-hybridized carbons (Fsp3) is 0.333. The van der Waals surface area contributed by atoms with Gasteiger partial charge in [0.1, 0.15) is 11.6 Å². The van der Waals surface area contributed by atoms with E-state index >= 15 is 0 Å². The Morgan fingerprint density at radius 3 is 2.65 bits per heavy atom. The van der Waals surface area contributed by atoms with Gasteiger partial charge >= 0.3 is 0 Å². The van der Waals surface area contributed by atoms with Crippen LogP contribution in [-0.2, 0) is 6.42 Å². The molecule has 0 amide bonds. The van der Waals surface area contributed by atoms with Crippen molar-refractivity contribution in [2.45, 2.75) is 26.2 Å². The minimum atomic E-state index is 0.339. The van der Waals surface area contributed by atoms with Crippen molar-refractivity contribution < 1.29 is 0 Å². The van der Waals surface area contributed by atoms with E-state index in [0.717, 1.165) is 17.2 Å². The fourth-order valence-electron chi connectivity index (χ4n) is 1.51. The number of aromatic amines is 1. The number of halogens is 2. The Hall–Kier alpha value is -1.06. The van der Waals surface area contributed by atoms with Crippen LogP contribution in [0, 0.1) is 0 Å². The van der Waals surface area contributed by atoms with Gasteiger partial charge in [-0.3, -0.25) is 0 Å². The first kappa shape index (κ1) is 12.4. The maximum atomic E-state index is 6.09. The van der Waals surface area contributed by atoms with Gasteiger partial charge in [0.2, 0.25) is 0 Å². The molecular weight excluding hydrogens is 257 g/mol. The van der Waals surface area contributed by atoms with Crippen molar-refractivity contribution in [3.05, 3.63) is 45.5 Å². The van der Waals surface area contributed by atoms with E-state index in [4.69, 9.17) is 23.2 Å². The highest BCUT2D eigenvalue weighted by Gasteiger charge is 2.09. The van der Waals surface area contributed by atoms with Crippen molar-refractivity contribution in [3.63, 3.8) is 0 Å². The Labute approximate surface area is 110 Å². The normalized spacial score (nSPS) is 11.1. The SMILES string of the molecule is CC(C)c1nnc(Cc2cc(Cl)ccc2Cl)[nH]1. The fourth-order valence-corrected chi connectivity index (χ4v) is 1.89. The minimum Gasteiger partial charge on any atom is -0.328 e. The van der Waals surface area contributed by atoms with Crippen LogP contribution >= 0.6 is 23.2 Å². The zero-order chi connectivity index (χ0) is 12.4. The topological polar surface area (TPSA) is 41.6 Å². The second-order valence-electron chi connectivity index (χ2n) is 4.22. The molecule has 5 heteroatoms. The van der Waals surface area contributed by atoms with E-state index < -0.39 is 0 Å². The zero-order valence-corrected chi connectivity index (χ0v) is 11.2. The molecule has 0 aliphatic rings. The van der Waals surface area contributed by atoms with Gasteiger partial charge in [-0.15, -0.1) is 10.2 Å². The number of hydrogen-bond donors (Lipinski definition) is 1. The first-order chi connectivity index (χ1) is 8.06. The Kier molecular flexibility index (Phi) is 3.69. The van der Waals surface area contributed by atoms with E-state index in [1.807, 2.05) is 6.07 Å². The molecule has 1 aromatic carbocycles. The molecule has 1 N–H and O–H groups in total. The third-order valence-electron chi connectivity index (χ3n) is 2.46. The maximum absolute atomic E-state index is 6.09. The minimum absolute atomic E-state index is 0.339. The predicted octanol–water partition coefficient (Wildman–Crippen LogP) is 3.83. The highest BCUT2D eigenvalue weighted by molar-refractivity contribution is 6.33. The van der Waals surface area contributed by atoms with E-state index in [9.17, 15) is 0 Å². The highest BCUT2D eigenvalue weighted by atomic mass is 35.5. The van der Waals surface area contributed by atoms with Crippen molar-refractivity contribution in [2.24, 2.45) is 0 Å². The van der Waals surface area contributed by atoms with Gasteiger partial charge < -0.3 is 4.98 Å². The average Bonchev–Trinajstić information content (AvgIpc) is 2.72. The molecule has 0 saturated heterocycles. The second-order valence-corrected chi connectivity index (χ2v) is 5.07. The molecule has 0 unspecified atom stereocenters. The molecule has 3 nitrogen and oxygen atoms in total. The molecule has 1 heterocycles. The molecule has 90 valence electrons. The molecule has 0 saturated carbocycles. The number of benzene rings is 1. The van der Waals surface area contributed by atoms with E-state index in [1.165, 1.54) is 0 Å². The summed E-state index contributed by atoms with van der Waals surface area (Å²) in [5.74, 6) is 2.03. The Morgan fingerprint density at radius 1 is 1.24 bits per heavy atom. The van der Waals surface area contributed by atoms with Crippen LogP contribution in [0.5, 0.6) is 0 Å².